The predicted molar refractivity (Wildman–Crippen MR) is 54.8 cm³/mol. The zero-order valence-corrected chi connectivity index (χ0v) is 9.00. The van der Waals surface area contributed by atoms with Crippen LogP contribution in [0.25, 0.3) is 0 Å². The molecule has 1 amide bonds. The number of aromatic nitrogens is 2. The van der Waals surface area contributed by atoms with Crippen LogP contribution >= 0.6 is 11.5 Å². The van der Waals surface area contributed by atoms with Crippen LogP contribution in [-0.4, -0.2) is 47.0 Å². The molecule has 0 aliphatic rings. The maximum absolute atomic E-state index is 11.3. The average molecular weight is 231 g/mol. The Hall–Kier alpha value is -1.05. The van der Waals surface area contributed by atoms with Gasteiger partial charge in [-0.2, -0.15) is 0 Å². The van der Waals surface area contributed by atoms with E-state index in [1.54, 1.807) is 0 Å². The van der Waals surface area contributed by atoms with Crippen LogP contribution in [0, 0.1) is 0 Å². The van der Waals surface area contributed by atoms with E-state index in [9.17, 15) is 4.79 Å². The molecule has 0 saturated heterocycles. The number of rotatable bonds is 7. The third-order valence-electron chi connectivity index (χ3n) is 1.57. The van der Waals surface area contributed by atoms with Gasteiger partial charge in [-0.15, -0.1) is 5.10 Å². The van der Waals surface area contributed by atoms with E-state index >= 15 is 0 Å². The minimum Gasteiger partial charge on any atom is -0.394 e. The molecular weight excluding hydrogens is 218 g/mol. The molecule has 0 fully saturated rings. The van der Waals surface area contributed by atoms with E-state index in [0.29, 0.717) is 24.6 Å². The second kappa shape index (κ2) is 7.27. The van der Waals surface area contributed by atoms with Gasteiger partial charge in [0, 0.05) is 13.2 Å². The number of hydrogen-bond donors (Lipinski definition) is 2. The van der Waals surface area contributed by atoms with Crippen LogP contribution < -0.4 is 5.32 Å². The van der Waals surface area contributed by atoms with E-state index in [-0.39, 0.29) is 12.5 Å². The molecule has 15 heavy (non-hydrogen) atoms. The molecule has 0 aliphatic carbocycles. The first-order valence-electron chi connectivity index (χ1n) is 4.58. The van der Waals surface area contributed by atoms with Gasteiger partial charge in [0.15, 0.2) is 0 Å². The molecule has 2 N–H and O–H groups in total. The van der Waals surface area contributed by atoms with Crippen LogP contribution in [0.2, 0.25) is 0 Å². The van der Waals surface area contributed by atoms with Crippen molar-refractivity contribution in [2.75, 3.05) is 26.4 Å². The lowest BCUT2D eigenvalue weighted by atomic mass is 10.4. The summed E-state index contributed by atoms with van der Waals surface area (Å²) in [6.45, 7) is 1.44. The first kappa shape index (κ1) is 12.0. The Morgan fingerprint density at radius 2 is 2.47 bits per heavy atom. The van der Waals surface area contributed by atoms with Crippen LogP contribution in [0.3, 0.4) is 0 Å². The number of ether oxygens (including phenoxy) is 1. The summed E-state index contributed by atoms with van der Waals surface area (Å²) in [6.07, 6.45) is 2.15. The molecule has 0 aromatic carbocycles. The van der Waals surface area contributed by atoms with Gasteiger partial charge in [-0.3, -0.25) is 4.79 Å². The fraction of sp³-hybridized carbons (Fsp3) is 0.625. The third-order valence-corrected chi connectivity index (χ3v) is 2.24. The lowest BCUT2D eigenvalue weighted by molar-refractivity contribution is 0.0869. The van der Waals surface area contributed by atoms with Gasteiger partial charge in [0.1, 0.15) is 4.88 Å². The summed E-state index contributed by atoms with van der Waals surface area (Å²) in [6, 6.07) is 0. The molecule has 6 nitrogen and oxygen atoms in total. The standard InChI is InChI=1S/C8H13N3O3S/c12-3-5-14-4-1-2-9-8(13)7-6-10-11-15-7/h6,12H,1-5H2,(H,9,13). The highest BCUT2D eigenvalue weighted by molar-refractivity contribution is 7.07. The Morgan fingerprint density at radius 1 is 1.60 bits per heavy atom. The zero-order chi connectivity index (χ0) is 10.9. The number of aliphatic hydroxyl groups is 1. The molecule has 0 spiro atoms. The number of nitrogens with zero attached hydrogens (tertiary/aromatic N) is 2. The highest BCUT2D eigenvalue weighted by atomic mass is 32.1. The highest BCUT2D eigenvalue weighted by Gasteiger charge is 2.06. The van der Waals surface area contributed by atoms with Gasteiger partial charge in [0.05, 0.1) is 19.4 Å². The fourth-order valence-electron chi connectivity index (χ4n) is 0.897. The predicted octanol–water partition coefficient (Wildman–Crippen LogP) is -0.333. The second-order valence-electron chi connectivity index (χ2n) is 2.73. The molecule has 1 heterocycles. The smallest absolute Gasteiger partial charge is 0.264 e. The highest BCUT2D eigenvalue weighted by Crippen LogP contribution is 2.00. The number of nitrogens with one attached hydrogen (secondary N) is 1. The largest absolute Gasteiger partial charge is 0.394 e. The maximum Gasteiger partial charge on any atom is 0.264 e. The minimum atomic E-state index is -0.160. The van der Waals surface area contributed by atoms with Crippen molar-refractivity contribution in [1.82, 2.24) is 14.9 Å². The summed E-state index contributed by atoms with van der Waals surface area (Å²) in [5, 5.41) is 14.7. The van der Waals surface area contributed by atoms with Crippen molar-refractivity contribution in [2.24, 2.45) is 0 Å². The third kappa shape index (κ3) is 4.82. The van der Waals surface area contributed by atoms with E-state index < -0.39 is 0 Å². The molecular formula is C8H13N3O3S. The van der Waals surface area contributed by atoms with Gasteiger partial charge in [-0.05, 0) is 18.0 Å². The van der Waals surface area contributed by atoms with E-state index in [0.717, 1.165) is 18.0 Å². The molecule has 0 radical (unpaired) electrons. The number of carbonyl (C=O) groups is 1. The molecule has 1 aromatic heterocycles. The molecule has 0 unspecified atom stereocenters. The van der Waals surface area contributed by atoms with Crippen molar-refractivity contribution in [1.29, 1.82) is 0 Å². The van der Waals surface area contributed by atoms with E-state index in [2.05, 4.69) is 14.9 Å². The molecule has 0 bridgehead atoms. The Kier molecular flexibility index (Phi) is 5.83. The van der Waals surface area contributed by atoms with Crippen molar-refractivity contribution in [3.63, 3.8) is 0 Å². The maximum atomic E-state index is 11.3. The lowest BCUT2D eigenvalue weighted by Gasteiger charge is -2.03. The molecule has 84 valence electrons. The van der Waals surface area contributed by atoms with Gasteiger partial charge < -0.3 is 15.2 Å². The average Bonchev–Trinajstić information content (AvgIpc) is 2.76. The number of aliphatic hydroxyl groups excluding tert-OH is 1. The molecule has 7 heteroatoms. The quantitative estimate of drug-likeness (QED) is 0.627. The topological polar surface area (TPSA) is 84.3 Å². The van der Waals surface area contributed by atoms with Crippen molar-refractivity contribution in [3.8, 4) is 0 Å². The first-order chi connectivity index (χ1) is 7.34. The normalized spacial score (nSPS) is 10.2. The summed E-state index contributed by atoms with van der Waals surface area (Å²) in [5.41, 5.74) is 0. The van der Waals surface area contributed by atoms with Crippen LogP contribution in [0.1, 0.15) is 16.1 Å². The number of carbonyl (C=O) groups excluding carboxylic acids is 1. The summed E-state index contributed by atoms with van der Waals surface area (Å²) in [4.78, 5) is 11.8. The Bertz CT molecular complexity index is 279. The van der Waals surface area contributed by atoms with Gasteiger partial charge in [0.2, 0.25) is 0 Å². The van der Waals surface area contributed by atoms with Crippen LogP contribution in [0.15, 0.2) is 6.20 Å². The van der Waals surface area contributed by atoms with E-state index in [1.165, 1.54) is 6.20 Å². The molecule has 0 saturated carbocycles. The number of amides is 1. The fourth-order valence-corrected chi connectivity index (χ4v) is 1.33. The monoisotopic (exact) mass is 231 g/mol. The van der Waals surface area contributed by atoms with Gasteiger partial charge >= 0.3 is 0 Å². The molecule has 0 atom stereocenters. The Morgan fingerprint density at radius 3 is 3.13 bits per heavy atom. The van der Waals surface area contributed by atoms with Crippen molar-refractivity contribution >= 4 is 17.4 Å². The summed E-state index contributed by atoms with van der Waals surface area (Å²) < 4.78 is 8.62. The SMILES string of the molecule is O=C(NCCCOCCO)c1cnns1. The Balaban J connectivity index is 2.03. The van der Waals surface area contributed by atoms with E-state index in [4.69, 9.17) is 9.84 Å². The summed E-state index contributed by atoms with van der Waals surface area (Å²) in [5.74, 6) is -0.160. The van der Waals surface area contributed by atoms with Gasteiger partial charge in [0.25, 0.3) is 5.91 Å². The van der Waals surface area contributed by atoms with Gasteiger partial charge in [-0.1, -0.05) is 4.49 Å². The number of hydrogen-bond acceptors (Lipinski definition) is 6. The van der Waals surface area contributed by atoms with Crippen molar-refractivity contribution in [3.05, 3.63) is 11.1 Å². The van der Waals surface area contributed by atoms with E-state index in [1.807, 2.05) is 0 Å². The first-order valence-corrected chi connectivity index (χ1v) is 5.36. The van der Waals surface area contributed by atoms with Crippen LogP contribution in [0.5, 0.6) is 0 Å². The van der Waals surface area contributed by atoms with Crippen LogP contribution in [-0.2, 0) is 4.74 Å². The zero-order valence-electron chi connectivity index (χ0n) is 8.18. The second-order valence-corrected chi connectivity index (χ2v) is 3.51. The van der Waals surface area contributed by atoms with Crippen LogP contribution in [0.4, 0.5) is 0 Å². The molecule has 1 rings (SSSR count). The summed E-state index contributed by atoms with van der Waals surface area (Å²) in [7, 11) is 0. The molecule has 1 aromatic rings. The van der Waals surface area contributed by atoms with Crippen molar-refractivity contribution in [2.45, 2.75) is 6.42 Å². The Labute approximate surface area is 91.4 Å². The molecule has 0 aliphatic heterocycles. The van der Waals surface area contributed by atoms with Crippen molar-refractivity contribution < 1.29 is 14.6 Å². The van der Waals surface area contributed by atoms with Gasteiger partial charge in [-0.25, -0.2) is 0 Å². The lowest BCUT2D eigenvalue weighted by Crippen LogP contribution is -2.24. The summed E-state index contributed by atoms with van der Waals surface area (Å²) >= 11 is 1.07. The minimum absolute atomic E-state index is 0.0267.